The van der Waals surface area contributed by atoms with Crippen LogP contribution in [0.4, 0.5) is 11.5 Å². The number of aromatic nitrogens is 2. The summed E-state index contributed by atoms with van der Waals surface area (Å²) >= 11 is 13.4. The number of carbonyl (C=O) groups is 1. The lowest BCUT2D eigenvalue weighted by molar-refractivity contribution is -0.113. The number of nitrogen functional groups attached to an aromatic ring is 1. The van der Waals surface area contributed by atoms with E-state index in [-0.39, 0.29) is 18.5 Å². The highest BCUT2D eigenvalue weighted by Crippen LogP contribution is 2.39. The minimum Gasteiger partial charge on any atom is -0.454 e. The quantitative estimate of drug-likeness (QED) is 0.378. The fourth-order valence-electron chi connectivity index (χ4n) is 3.08. The zero-order chi connectivity index (χ0) is 22.0. The zero-order valence-corrected chi connectivity index (χ0v) is 18.8. The number of aryl methyl sites for hydroxylation is 1. The second-order valence-corrected chi connectivity index (χ2v) is 8.38. The number of carbonyl (C=O) groups excluding carboxylic acids is 1. The average molecular weight is 477 g/mol. The molecule has 1 aromatic heterocycles. The molecule has 0 radical (unpaired) electrons. The lowest BCUT2D eigenvalue weighted by Gasteiger charge is -2.12. The molecule has 1 aliphatic heterocycles. The van der Waals surface area contributed by atoms with Crippen LogP contribution >= 0.6 is 35.0 Å². The number of nitrogens with zero attached hydrogens (tertiary/aromatic N) is 2. The van der Waals surface area contributed by atoms with E-state index in [1.807, 2.05) is 19.1 Å². The number of anilines is 2. The maximum absolute atomic E-state index is 12.4. The van der Waals surface area contributed by atoms with Gasteiger partial charge in [0.25, 0.3) is 0 Å². The molecule has 0 saturated heterocycles. The summed E-state index contributed by atoms with van der Waals surface area (Å²) in [6.07, 6.45) is 0.664. The number of hydrogen-bond donors (Lipinski definition) is 2. The SMILES string of the molecule is CCc1nc(SCC(=O)Nc2cc3c(cc2Cl)OCO3)nc(N)c1-c1ccc(Cl)cc1. The summed E-state index contributed by atoms with van der Waals surface area (Å²) in [5.41, 5.74) is 9.15. The van der Waals surface area contributed by atoms with Gasteiger partial charge in [0.15, 0.2) is 16.7 Å². The van der Waals surface area contributed by atoms with E-state index in [0.717, 1.165) is 16.8 Å². The molecule has 0 unspecified atom stereocenters. The van der Waals surface area contributed by atoms with Crippen LogP contribution in [0.15, 0.2) is 41.6 Å². The lowest BCUT2D eigenvalue weighted by Crippen LogP contribution is -2.15. The monoisotopic (exact) mass is 476 g/mol. The molecular weight excluding hydrogens is 459 g/mol. The molecule has 0 saturated carbocycles. The van der Waals surface area contributed by atoms with E-state index < -0.39 is 0 Å². The first-order valence-electron chi connectivity index (χ1n) is 9.38. The highest BCUT2D eigenvalue weighted by Gasteiger charge is 2.19. The Kier molecular flexibility index (Phi) is 6.41. The number of ether oxygens (including phenoxy) is 2. The molecule has 7 nitrogen and oxygen atoms in total. The van der Waals surface area contributed by atoms with Crippen molar-refractivity contribution < 1.29 is 14.3 Å². The predicted octanol–water partition coefficient (Wildman–Crippen LogP) is 5.05. The summed E-state index contributed by atoms with van der Waals surface area (Å²) in [7, 11) is 0. The number of halogens is 2. The third-order valence-corrected chi connectivity index (χ3v) is 5.94. The van der Waals surface area contributed by atoms with Crippen molar-refractivity contribution in [2.45, 2.75) is 18.5 Å². The van der Waals surface area contributed by atoms with Crippen LogP contribution in [0.5, 0.6) is 11.5 Å². The Bertz CT molecular complexity index is 1140. The predicted molar refractivity (Wildman–Crippen MR) is 123 cm³/mol. The molecule has 1 aliphatic rings. The maximum Gasteiger partial charge on any atom is 0.234 e. The molecule has 10 heteroatoms. The van der Waals surface area contributed by atoms with Crippen molar-refractivity contribution in [1.29, 1.82) is 0 Å². The molecule has 2 heterocycles. The number of hydrogen-bond acceptors (Lipinski definition) is 7. The normalized spacial score (nSPS) is 12.1. The van der Waals surface area contributed by atoms with Gasteiger partial charge in [-0.3, -0.25) is 4.79 Å². The molecule has 0 fully saturated rings. The van der Waals surface area contributed by atoms with Gasteiger partial charge in [0, 0.05) is 22.7 Å². The second kappa shape index (κ2) is 9.21. The molecule has 3 N–H and O–H groups in total. The van der Waals surface area contributed by atoms with Crippen molar-refractivity contribution in [3.63, 3.8) is 0 Å². The van der Waals surface area contributed by atoms with E-state index in [1.54, 1.807) is 24.3 Å². The molecular formula is C21H18Cl2N4O3S. The first-order chi connectivity index (χ1) is 14.9. The molecule has 0 aliphatic carbocycles. The smallest absolute Gasteiger partial charge is 0.234 e. The molecule has 4 rings (SSSR count). The van der Waals surface area contributed by atoms with Gasteiger partial charge in [-0.2, -0.15) is 0 Å². The summed E-state index contributed by atoms with van der Waals surface area (Å²) in [5, 5.41) is 4.20. The Morgan fingerprint density at radius 3 is 2.58 bits per heavy atom. The summed E-state index contributed by atoms with van der Waals surface area (Å²) in [5.74, 6) is 1.28. The van der Waals surface area contributed by atoms with Crippen molar-refractivity contribution in [2.24, 2.45) is 0 Å². The Morgan fingerprint density at radius 2 is 1.87 bits per heavy atom. The molecule has 160 valence electrons. The van der Waals surface area contributed by atoms with Crippen molar-refractivity contribution in [1.82, 2.24) is 9.97 Å². The number of rotatable bonds is 6. The van der Waals surface area contributed by atoms with Gasteiger partial charge in [-0.25, -0.2) is 9.97 Å². The second-order valence-electron chi connectivity index (χ2n) is 6.60. The van der Waals surface area contributed by atoms with Crippen molar-refractivity contribution in [3.05, 3.63) is 52.1 Å². The number of amides is 1. The number of nitrogens with two attached hydrogens (primary N) is 1. The summed E-state index contributed by atoms with van der Waals surface area (Å²) in [4.78, 5) is 21.4. The van der Waals surface area contributed by atoms with Gasteiger partial charge < -0.3 is 20.5 Å². The highest BCUT2D eigenvalue weighted by atomic mass is 35.5. The Hall–Kier alpha value is -2.68. The van der Waals surface area contributed by atoms with Gasteiger partial charge >= 0.3 is 0 Å². The van der Waals surface area contributed by atoms with Gasteiger partial charge in [0.2, 0.25) is 12.7 Å². The van der Waals surface area contributed by atoms with Crippen LogP contribution in [0.1, 0.15) is 12.6 Å². The van der Waals surface area contributed by atoms with Gasteiger partial charge in [0.1, 0.15) is 5.82 Å². The molecule has 0 bridgehead atoms. The third-order valence-electron chi connectivity index (χ3n) is 4.53. The first kappa shape index (κ1) is 21.5. The molecule has 0 spiro atoms. The molecule has 2 aromatic carbocycles. The average Bonchev–Trinajstić information content (AvgIpc) is 3.20. The summed E-state index contributed by atoms with van der Waals surface area (Å²) in [6.45, 7) is 2.12. The van der Waals surface area contributed by atoms with Crippen molar-refractivity contribution in [2.75, 3.05) is 23.6 Å². The fourth-order valence-corrected chi connectivity index (χ4v) is 4.08. The van der Waals surface area contributed by atoms with E-state index in [9.17, 15) is 4.79 Å². The van der Waals surface area contributed by atoms with E-state index in [0.29, 0.717) is 44.6 Å². The topological polar surface area (TPSA) is 99.4 Å². The van der Waals surface area contributed by atoms with Crippen molar-refractivity contribution in [3.8, 4) is 22.6 Å². The van der Waals surface area contributed by atoms with Crippen LogP contribution in [-0.4, -0.2) is 28.4 Å². The van der Waals surface area contributed by atoms with Crippen molar-refractivity contribution >= 4 is 52.4 Å². The first-order valence-corrected chi connectivity index (χ1v) is 11.1. The minimum atomic E-state index is -0.257. The summed E-state index contributed by atoms with van der Waals surface area (Å²) < 4.78 is 10.6. The molecule has 1 amide bonds. The van der Waals surface area contributed by atoms with Crippen LogP contribution in [0.3, 0.4) is 0 Å². The largest absolute Gasteiger partial charge is 0.454 e. The van der Waals surface area contributed by atoms with E-state index >= 15 is 0 Å². The highest BCUT2D eigenvalue weighted by molar-refractivity contribution is 7.99. The number of fused-ring (bicyclic) bond motifs is 1. The van der Waals surface area contributed by atoms with E-state index in [1.165, 1.54) is 11.8 Å². The molecule has 0 atom stereocenters. The fraction of sp³-hybridized carbons (Fsp3) is 0.190. The van der Waals surface area contributed by atoms with Gasteiger partial charge in [-0.15, -0.1) is 0 Å². The summed E-state index contributed by atoms with van der Waals surface area (Å²) in [6, 6.07) is 10.6. The maximum atomic E-state index is 12.4. The number of thioether (sulfide) groups is 1. The Labute approximate surface area is 193 Å². The lowest BCUT2D eigenvalue weighted by atomic mass is 10.0. The minimum absolute atomic E-state index is 0.0909. The van der Waals surface area contributed by atoms with Gasteiger partial charge in [0.05, 0.1) is 22.2 Å². The Morgan fingerprint density at radius 1 is 1.16 bits per heavy atom. The zero-order valence-electron chi connectivity index (χ0n) is 16.4. The standard InChI is InChI=1S/C21H18Cl2N4O3S/c1-2-14-19(11-3-5-12(22)6-4-11)20(24)27-21(26-14)31-9-18(28)25-15-8-17-16(7-13(15)23)29-10-30-17/h3-8H,2,9-10H2,1H3,(H,25,28)(H2,24,26,27). The third kappa shape index (κ3) is 4.81. The van der Waals surface area contributed by atoms with Crippen LogP contribution in [0.2, 0.25) is 10.0 Å². The van der Waals surface area contributed by atoms with Crippen LogP contribution < -0.4 is 20.5 Å². The van der Waals surface area contributed by atoms with Crippen LogP contribution in [0, 0.1) is 0 Å². The van der Waals surface area contributed by atoms with Crippen LogP contribution in [-0.2, 0) is 11.2 Å². The molecule has 31 heavy (non-hydrogen) atoms. The Balaban J connectivity index is 1.47. The number of nitrogens with one attached hydrogen (secondary N) is 1. The van der Waals surface area contributed by atoms with E-state index in [2.05, 4.69) is 15.3 Å². The number of benzene rings is 2. The van der Waals surface area contributed by atoms with E-state index in [4.69, 9.17) is 38.4 Å². The van der Waals surface area contributed by atoms with Crippen LogP contribution in [0.25, 0.3) is 11.1 Å². The van der Waals surface area contributed by atoms with Gasteiger partial charge in [-0.05, 0) is 24.1 Å². The van der Waals surface area contributed by atoms with Gasteiger partial charge in [-0.1, -0.05) is 54.0 Å². The molecule has 3 aromatic rings.